The van der Waals surface area contributed by atoms with E-state index in [9.17, 15) is 8.78 Å². The fraction of sp³-hybridized carbons (Fsp3) is 0.500. The van der Waals surface area contributed by atoms with Gasteiger partial charge in [0.05, 0.1) is 0 Å². The summed E-state index contributed by atoms with van der Waals surface area (Å²) in [7, 11) is 0. The molecular weight excluding hydrogens is 232 g/mol. The van der Waals surface area contributed by atoms with Gasteiger partial charge in [0.1, 0.15) is 12.0 Å². The molecule has 0 radical (unpaired) electrons. The van der Waals surface area contributed by atoms with Crippen LogP contribution in [-0.2, 0) is 5.54 Å². The van der Waals surface area contributed by atoms with Crippen LogP contribution in [0.3, 0.4) is 0 Å². The first-order chi connectivity index (χ1) is 7.12. The normalized spacial score (nSPS) is 29.6. The van der Waals surface area contributed by atoms with Gasteiger partial charge in [0, 0.05) is 17.5 Å². The highest BCUT2D eigenvalue weighted by molar-refractivity contribution is 5.85. The maximum Gasteiger partial charge on any atom is 0.128 e. The predicted molar refractivity (Wildman–Crippen MR) is 63.1 cm³/mol. The van der Waals surface area contributed by atoms with Crippen LogP contribution in [0.4, 0.5) is 8.78 Å². The molecule has 2 atom stereocenters. The number of hydrogen-bond donors (Lipinski definition) is 1. The molecule has 0 amide bonds. The molecule has 16 heavy (non-hydrogen) atoms. The average Bonchev–Trinajstić information content (AvgIpc) is 2.17. The second-order valence-corrected chi connectivity index (χ2v) is 4.33. The van der Waals surface area contributed by atoms with Gasteiger partial charge in [-0.15, -0.1) is 12.4 Å². The van der Waals surface area contributed by atoms with Gasteiger partial charge in [-0.3, -0.25) is 0 Å². The maximum absolute atomic E-state index is 13.6. The van der Waals surface area contributed by atoms with Gasteiger partial charge in [0.25, 0.3) is 0 Å². The second kappa shape index (κ2) is 5.11. The van der Waals surface area contributed by atoms with Crippen molar-refractivity contribution in [2.24, 2.45) is 0 Å². The summed E-state index contributed by atoms with van der Waals surface area (Å²) in [5, 5.41) is 3.20. The molecule has 0 bridgehead atoms. The Balaban J connectivity index is 0.00000128. The predicted octanol–water partition coefficient (Wildman–Crippen LogP) is 3.18. The smallest absolute Gasteiger partial charge is 0.128 e. The molecule has 1 fully saturated rings. The van der Waals surface area contributed by atoms with Crippen LogP contribution in [0, 0.1) is 5.82 Å². The summed E-state index contributed by atoms with van der Waals surface area (Å²) in [6.07, 6.45) is 0.0219. The molecular formula is C12H16ClF2N. The molecule has 1 heterocycles. The lowest BCUT2D eigenvalue weighted by molar-refractivity contribution is 0.162. The van der Waals surface area contributed by atoms with Crippen molar-refractivity contribution < 1.29 is 8.78 Å². The average molecular weight is 248 g/mol. The van der Waals surface area contributed by atoms with Gasteiger partial charge in [-0.1, -0.05) is 18.2 Å². The molecule has 1 nitrogen and oxygen atoms in total. The third-order valence-electron chi connectivity index (χ3n) is 3.07. The SMILES string of the molecule is CC1(c2ccccc2F)CC(F)CCN1.Cl. The van der Waals surface area contributed by atoms with E-state index < -0.39 is 11.7 Å². The number of alkyl halides is 1. The van der Waals surface area contributed by atoms with Crippen molar-refractivity contribution in [2.45, 2.75) is 31.5 Å². The fourth-order valence-corrected chi connectivity index (χ4v) is 2.24. The van der Waals surface area contributed by atoms with Crippen LogP contribution in [0.1, 0.15) is 25.3 Å². The van der Waals surface area contributed by atoms with Gasteiger partial charge in [-0.25, -0.2) is 8.78 Å². The van der Waals surface area contributed by atoms with Gasteiger partial charge in [0.15, 0.2) is 0 Å². The molecule has 0 aromatic heterocycles. The van der Waals surface area contributed by atoms with E-state index in [-0.39, 0.29) is 18.2 Å². The van der Waals surface area contributed by atoms with Crippen LogP contribution >= 0.6 is 12.4 Å². The first kappa shape index (κ1) is 13.4. The third-order valence-corrected chi connectivity index (χ3v) is 3.07. The van der Waals surface area contributed by atoms with Crippen LogP contribution in [0.25, 0.3) is 0 Å². The molecule has 2 rings (SSSR count). The van der Waals surface area contributed by atoms with E-state index in [4.69, 9.17) is 0 Å². The Labute approximate surface area is 101 Å². The summed E-state index contributed by atoms with van der Waals surface area (Å²) in [4.78, 5) is 0. The Kier molecular flexibility index (Phi) is 4.28. The van der Waals surface area contributed by atoms with Crippen LogP contribution < -0.4 is 5.32 Å². The van der Waals surface area contributed by atoms with Gasteiger partial charge < -0.3 is 5.32 Å². The molecule has 90 valence electrons. The number of benzene rings is 1. The molecule has 0 spiro atoms. The summed E-state index contributed by atoms with van der Waals surface area (Å²) < 4.78 is 26.9. The highest BCUT2D eigenvalue weighted by Gasteiger charge is 2.35. The summed E-state index contributed by atoms with van der Waals surface area (Å²) in [5.74, 6) is -0.262. The van der Waals surface area contributed by atoms with Gasteiger partial charge >= 0.3 is 0 Å². The van der Waals surface area contributed by atoms with Crippen LogP contribution in [0.2, 0.25) is 0 Å². The lowest BCUT2D eigenvalue weighted by Gasteiger charge is -2.37. The lowest BCUT2D eigenvalue weighted by Crippen LogP contribution is -2.47. The maximum atomic E-state index is 13.6. The zero-order chi connectivity index (χ0) is 10.9. The van der Waals surface area contributed by atoms with Crippen molar-refractivity contribution in [3.63, 3.8) is 0 Å². The Morgan fingerprint density at radius 2 is 2.06 bits per heavy atom. The Morgan fingerprint density at radius 3 is 2.69 bits per heavy atom. The van der Waals surface area contributed by atoms with Crippen molar-refractivity contribution in [3.8, 4) is 0 Å². The van der Waals surface area contributed by atoms with Gasteiger partial charge in [0.2, 0.25) is 0 Å². The van der Waals surface area contributed by atoms with E-state index >= 15 is 0 Å². The van der Waals surface area contributed by atoms with Gasteiger partial charge in [-0.05, 0) is 26.0 Å². The molecule has 1 aliphatic rings. The lowest BCUT2D eigenvalue weighted by atomic mass is 9.83. The van der Waals surface area contributed by atoms with E-state index in [1.165, 1.54) is 6.07 Å². The first-order valence-corrected chi connectivity index (χ1v) is 5.26. The number of halogens is 3. The molecule has 1 saturated heterocycles. The van der Waals surface area contributed by atoms with Crippen molar-refractivity contribution in [1.82, 2.24) is 5.32 Å². The molecule has 2 unspecified atom stereocenters. The Bertz CT molecular complexity index is 359. The summed E-state index contributed by atoms with van der Waals surface area (Å²) >= 11 is 0. The number of piperidine rings is 1. The van der Waals surface area contributed by atoms with E-state index in [0.29, 0.717) is 24.9 Å². The van der Waals surface area contributed by atoms with Crippen molar-refractivity contribution in [3.05, 3.63) is 35.6 Å². The summed E-state index contributed by atoms with van der Waals surface area (Å²) in [6, 6.07) is 6.58. The zero-order valence-electron chi connectivity index (χ0n) is 9.17. The quantitative estimate of drug-likeness (QED) is 0.804. The van der Waals surface area contributed by atoms with Gasteiger partial charge in [-0.2, -0.15) is 0 Å². The van der Waals surface area contributed by atoms with Crippen LogP contribution in [-0.4, -0.2) is 12.7 Å². The highest BCUT2D eigenvalue weighted by atomic mass is 35.5. The molecule has 1 N–H and O–H groups in total. The van der Waals surface area contributed by atoms with E-state index in [1.807, 2.05) is 6.92 Å². The topological polar surface area (TPSA) is 12.0 Å². The van der Waals surface area contributed by atoms with E-state index in [1.54, 1.807) is 18.2 Å². The monoisotopic (exact) mass is 247 g/mol. The number of nitrogens with one attached hydrogen (secondary N) is 1. The van der Waals surface area contributed by atoms with E-state index in [2.05, 4.69) is 5.32 Å². The number of hydrogen-bond acceptors (Lipinski definition) is 1. The third kappa shape index (κ3) is 2.53. The molecule has 1 aromatic rings. The Hall–Kier alpha value is -0.670. The van der Waals surface area contributed by atoms with Crippen LogP contribution in [0.15, 0.2) is 24.3 Å². The molecule has 1 aliphatic heterocycles. The van der Waals surface area contributed by atoms with Crippen LogP contribution in [0.5, 0.6) is 0 Å². The summed E-state index contributed by atoms with van der Waals surface area (Å²) in [5.41, 5.74) is -0.00410. The molecule has 1 aromatic carbocycles. The molecule has 0 saturated carbocycles. The standard InChI is InChI=1S/C12H15F2N.ClH/c1-12(8-9(13)6-7-15-12)10-4-2-3-5-11(10)14;/h2-5,9,15H,6-8H2,1H3;1H. The zero-order valence-corrected chi connectivity index (χ0v) is 9.99. The second-order valence-electron chi connectivity index (χ2n) is 4.33. The minimum atomic E-state index is -0.837. The van der Waals surface area contributed by atoms with Crippen molar-refractivity contribution >= 4 is 12.4 Å². The van der Waals surface area contributed by atoms with Crippen molar-refractivity contribution in [2.75, 3.05) is 6.54 Å². The minimum absolute atomic E-state index is 0. The largest absolute Gasteiger partial charge is 0.307 e. The summed E-state index contributed by atoms with van der Waals surface area (Å²) in [6.45, 7) is 2.46. The Morgan fingerprint density at radius 1 is 1.38 bits per heavy atom. The van der Waals surface area contributed by atoms with E-state index in [0.717, 1.165) is 0 Å². The fourth-order valence-electron chi connectivity index (χ4n) is 2.24. The molecule has 0 aliphatic carbocycles. The molecule has 4 heteroatoms. The minimum Gasteiger partial charge on any atom is -0.307 e. The first-order valence-electron chi connectivity index (χ1n) is 5.26. The highest BCUT2D eigenvalue weighted by Crippen LogP contribution is 2.32. The number of rotatable bonds is 1. The van der Waals surface area contributed by atoms with Crippen molar-refractivity contribution in [1.29, 1.82) is 0 Å².